The van der Waals surface area contributed by atoms with Crippen molar-refractivity contribution in [1.29, 1.82) is 0 Å². The largest absolute Gasteiger partial charge is 0.303 e. The third-order valence-electron chi connectivity index (χ3n) is 2.46. The van der Waals surface area contributed by atoms with Crippen molar-refractivity contribution in [2.45, 2.75) is 25.2 Å². The minimum atomic E-state index is 0.0637. The molecule has 1 atom stereocenters. The van der Waals surface area contributed by atoms with Gasteiger partial charge in [0.25, 0.3) is 0 Å². The molecule has 1 heterocycles. The number of aryl methyl sites for hydroxylation is 1. The van der Waals surface area contributed by atoms with E-state index in [1.165, 1.54) is 0 Å². The lowest BCUT2D eigenvalue weighted by molar-refractivity contribution is -0.109. The summed E-state index contributed by atoms with van der Waals surface area (Å²) in [6, 6.07) is 2.01. The van der Waals surface area contributed by atoms with Gasteiger partial charge in [-0.2, -0.15) is 0 Å². The van der Waals surface area contributed by atoms with Gasteiger partial charge < -0.3 is 4.79 Å². The first-order valence-corrected chi connectivity index (χ1v) is 5.20. The molecule has 0 bridgehead atoms. The number of fused-ring (bicyclic) bond motifs is 1. The Labute approximate surface area is 85.5 Å². The molecule has 2 rings (SSSR count). The van der Waals surface area contributed by atoms with E-state index in [-0.39, 0.29) is 5.92 Å². The fraction of sp³-hybridized carbons (Fsp3) is 0.400. The van der Waals surface area contributed by atoms with Crippen molar-refractivity contribution in [3.8, 4) is 0 Å². The fourth-order valence-electron chi connectivity index (χ4n) is 1.80. The first kappa shape index (κ1) is 8.88. The van der Waals surface area contributed by atoms with E-state index in [1.807, 2.05) is 6.07 Å². The second kappa shape index (κ2) is 3.58. The average molecular weight is 240 g/mol. The second-order valence-electron chi connectivity index (χ2n) is 3.32. The first-order chi connectivity index (χ1) is 6.31. The average Bonchev–Trinajstić information content (AvgIpc) is 2.17. The maximum Gasteiger partial charge on any atom is 0.127 e. The minimum absolute atomic E-state index is 0.0637. The number of carbonyl (C=O) groups is 1. The molecule has 13 heavy (non-hydrogen) atoms. The summed E-state index contributed by atoms with van der Waals surface area (Å²) >= 11 is 3.37. The molecule has 0 aromatic carbocycles. The Balaban J connectivity index is 2.47. The number of hydrogen-bond donors (Lipinski definition) is 0. The molecule has 0 radical (unpaired) electrons. The molecule has 0 saturated carbocycles. The summed E-state index contributed by atoms with van der Waals surface area (Å²) < 4.78 is 0.958. The minimum Gasteiger partial charge on any atom is -0.303 e. The number of aromatic nitrogens is 1. The van der Waals surface area contributed by atoms with E-state index in [9.17, 15) is 4.79 Å². The molecule has 0 spiro atoms. The molecule has 1 aliphatic carbocycles. The molecule has 0 aliphatic heterocycles. The Kier molecular flexibility index (Phi) is 2.44. The Morgan fingerprint density at radius 2 is 2.46 bits per heavy atom. The van der Waals surface area contributed by atoms with Crippen LogP contribution < -0.4 is 0 Å². The van der Waals surface area contributed by atoms with Crippen molar-refractivity contribution in [3.05, 3.63) is 28.0 Å². The summed E-state index contributed by atoms with van der Waals surface area (Å²) in [6.45, 7) is 0. The van der Waals surface area contributed by atoms with Gasteiger partial charge in [0, 0.05) is 22.3 Å². The molecular weight excluding hydrogens is 230 g/mol. The normalized spacial score (nSPS) is 20.8. The topological polar surface area (TPSA) is 30.0 Å². The zero-order valence-corrected chi connectivity index (χ0v) is 8.75. The van der Waals surface area contributed by atoms with Crippen molar-refractivity contribution in [2.24, 2.45) is 0 Å². The predicted octanol–water partition coefficient (Wildman–Crippen LogP) is 2.46. The van der Waals surface area contributed by atoms with Gasteiger partial charge in [-0.05, 0) is 46.8 Å². The monoisotopic (exact) mass is 239 g/mol. The van der Waals surface area contributed by atoms with E-state index in [0.717, 1.165) is 41.3 Å². The highest BCUT2D eigenvalue weighted by molar-refractivity contribution is 9.10. The number of rotatable bonds is 1. The highest BCUT2D eigenvalue weighted by Crippen LogP contribution is 2.30. The van der Waals surface area contributed by atoms with Crippen LogP contribution in [-0.2, 0) is 11.2 Å². The predicted molar refractivity (Wildman–Crippen MR) is 53.7 cm³/mol. The van der Waals surface area contributed by atoms with Crippen LogP contribution in [0.4, 0.5) is 0 Å². The summed E-state index contributed by atoms with van der Waals surface area (Å²) in [5, 5.41) is 0. The lowest BCUT2D eigenvalue weighted by Crippen LogP contribution is -2.12. The molecule has 2 nitrogen and oxygen atoms in total. The maximum atomic E-state index is 10.8. The lowest BCUT2D eigenvalue weighted by Gasteiger charge is -2.19. The Morgan fingerprint density at radius 1 is 1.62 bits per heavy atom. The van der Waals surface area contributed by atoms with Crippen molar-refractivity contribution in [1.82, 2.24) is 4.98 Å². The number of carbonyl (C=O) groups excluding carboxylic acids is 1. The van der Waals surface area contributed by atoms with Gasteiger partial charge in [-0.25, -0.2) is 0 Å². The van der Waals surface area contributed by atoms with Gasteiger partial charge >= 0.3 is 0 Å². The van der Waals surface area contributed by atoms with Gasteiger partial charge in [0.1, 0.15) is 6.29 Å². The van der Waals surface area contributed by atoms with Crippen LogP contribution in [0.5, 0.6) is 0 Å². The van der Waals surface area contributed by atoms with Crippen molar-refractivity contribution in [2.75, 3.05) is 0 Å². The quantitative estimate of drug-likeness (QED) is 0.706. The van der Waals surface area contributed by atoms with Crippen LogP contribution in [-0.4, -0.2) is 11.3 Å². The molecule has 1 aromatic heterocycles. The molecule has 0 saturated heterocycles. The van der Waals surface area contributed by atoms with Crippen LogP contribution in [0.15, 0.2) is 16.7 Å². The SMILES string of the molecule is O=CC1CCCc2ncc(Br)cc21. The summed E-state index contributed by atoms with van der Waals surface area (Å²) in [5.74, 6) is 0.0637. The van der Waals surface area contributed by atoms with Crippen LogP contribution in [0.2, 0.25) is 0 Å². The maximum absolute atomic E-state index is 10.8. The van der Waals surface area contributed by atoms with Gasteiger partial charge in [0.2, 0.25) is 0 Å². The van der Waals surface area contributed by atoms with E-state index in [1.54, 1.807) is 6.20 Å². The van der Waals surface area contributed by atoms with Crippen molar-refractivity contribution in [3.63, 3.8) is 0 Å². The van der Waals surface area contributed by atoms with Crippen molar-refractivity contribution >= 4 is 22.2 Å². The Morgan fingerprint density at radius 3 is 3.23 bits per heavy atom. The number of aldehydes is 1. The third-order valence-corrected chi connectivity index (χ3v) is 2.90. The Bertz CT molecular complexity index is 338. The van der Waals surface area contributed by atoms with Crippen molar-refractivity contribution < 1.29 is 4.79 Å². The standard InChI is InChI=1S/C10H10BrNO/c11-8-4-9-7(6-13)2-1-3-10(9)12-5-8/h4-7H,1-3H2. The van der Waals surface area contributed by atoms with Crippen LogP contribution >= 0.6 is 15.9 Å². The smallest absolute Gasteiger partial charge is 0.127 e. The molecule has 3 heteroatoms. The molecular formula is C10H10BrNO. The number of nitrogens with zero attached hydrogens (tertiary/aromatic N) is 1. The number of halogens is 1. The second-order valence-corrected chi connectivity index (χ2v) is 4.24. The lowest BCUT2D eigenvalue weighted by atomic mass is 9.87. The molecule has 68 valence electrons. The van der Waals surface area contributed by atoms with Crippen LogP contribution in [0.3, 0.4) is 0 Å². The van der Waals surface area contributed by atoms with Gasteiger partial charge in [-0.1, -0.05) is 0 Å². The molecule has 1 aliphatic rings. The fourth-order valence-corrected chi connectivity index (χ4v) is 2.15. The van der Waals surface area contributed by atoms with Crippen LogP contribution in [0, 0.1) is 0 Å². The Hall–Kier alpha value is -0.700. The highest BCUT2D eigenvalue weighted by atomic mass is 79.9. The van der Waals surface area contributed by atoms with Crippen LogP contribution in [0.1, 0.15) is 30.0 Å². The molecule has 1 unspecified atom stereocenters. The molecule has 1 aromatic rings. The summed E-state index contributed by atoms with van der Waals surface area (Å²) in [6.07, 6.45) is 5.88. The zero-order valence-electron chi connectivity index (χ0n) is 7.16. The third kappa shape index (κ3) is 1.66. The summed E-state index contributed by atoms with van der Waals surface area (Å²) in [4.78, 5) is 15.1. The molecule has 0 fully saturated rings. The highest BCUT2D eigenvalue weighted by Gasteiger charge is 2.20. The molecule has 0 N–H and O–H groups in total. The summed E-state index contributed by atoms with van der Waals surface area (Å²) in [5.41, 5.74) is 2.20. The van der Waals surface area contributed by atoms with E-state index < -0.39 is 0 Å². The summed E-state index contributed by atoms with van der Waals surface area (Å²) in [7, 11) is 0. The van der Waals surface area contributed by atoms with E-state index >= 15 is 0 Å². The molecule has 0 amide bonds. The number of hydrogen-bond acceptors (Lipinski definition) is 2. The number of pyridine rings is 1. The van der Waals surface area contributed by atoms with Gasteiger partial charge in [0.05, 0.1) is 0 Å². The van der Waals surface area contributed by atoms with E-state index in [0.29, 0.717) is 0 Å². The van der Waals surface area contributed by atoms with Crippen LogP contribution in [0.25, 0.3) is 0 Å². The zero-order chi connectivity index (χ0) is 9.26. The van der Waals surface area contributed by atoms with Gasteiger partial charge in [-0.3, -0.25) is 4.98 Å². The van der Waals surface area contributed by atoms with Gasteiger partial charge in [0.15, 0.2) is 0 Å². The van der Waals surface area contributed by atoms with E-state index in [4.69, 9.17) is 0 Å². The van der Waals surface area contributed by atoms with Gasteiger partial charge in [-0.15, -0.1) is 0 Å². The van der Waals surface area contributed by atoms with E-state index in [2.05, 4.69) is 20.9 Å². The first-order valence-electron chi connectivity index (χ1n) is 4.41.